The zero-order chi connectivity index (χ0) is 18.8. The molecule has 0 unspecified atom stereocenters. The van der Waals surface area contributed by atoms with Crippen LogP contribution in [0.15, 0.2) is 29.3 Å². The summed E-state index contributed by atoms with van der Waals surface area (Å²) in [5.41, 5.74) is 7.73. The van der Waals surface area contributed by atoms with Crippen molar-refractivity contribution in [3.05, 3.63) is 35.4 Å². The Balaban J connectivity index is 0.00000364. The summed E-state index contributed by atoms with van der Waals surface area (Å²) in [7, 11) is 3.51. The van der Waals surface area contributed by atoms with E-state index < -0.39 is 0 Å². The molecule has 1 amide bonds. The quantitative estimate of drug-likeness (QED) is 0.248. The molecule has 0 aromatic heterocycles. The topological polar surface area (TPSA) is 83.2 Å². The van der Waals surface area contributed by atoms with Gasteiger partial charge in [0.05, 0.1) is 13.2 Å². The lowest BCUT2D eigenvalue weighted by Gasteiger charge is -2.26. The van der Waals surface area contributed by atoms with Crippen molar-refractivity contribution in [2.75, 3.05) is 60.0 Å². The summed E-state index contributed by atoms with van der Waals surface area (Å²) in [6.07, 6.45) is 1.79. The number of aliphatic imine (C=N–C) groups is 1. The van der Waals surface area contributed by atoms with E-state index in [9.17, 15) is 4.79 Å². The number of nitrogens with one attached hydrogen (secondary N) is 1. The first-order chi connectivity index (χ1) is 12.6. The van der Waals surface area contributed by atoms with Crippen molar-refractivity contribution in [3.63, 3.8) is 0 Å². The molecule has 3 N–H and O–H groups in total. The van der Waals surface area contributed by atoms with Crippen LogP contribution in [-0.4, -0.2) is 81.7 Å². The second-order valence-electron chi connectivity index (χ2n) is 6.65. The Labute approximate surface area is 179 Å². The number of halogens is 1. The van der Waals surface area contributed by atoms with Crippen molar-refractivity contribution in [1.82, 2.24) is 15.1 Å². The predicted octanol–water partition coefficient (Wildman–Crippen LogP) is 1.18. The highest BCUT2D eigenvalue weighted by Gasteiger charge is 2.09. The molecule has 1 fully saturated rings. The highest BCUT2D eigenvalue weighted by atomic mass is 127. The fourth-order valence-electron chi connectivity index (χ4n) is 2.83. The van der Waals surface area contributed by atoms with Gasteiger partial charge in [0.2, 0.25) is 0 Å². The first-order valence-electron chi connectivity index (χ1n) is 9.21. The normalized spacial score (nSPS) is 15.1. The Hall–Kier alpha value is -1.39. The molecule has 0 saturated carbocycles. The van der Waals surface area contributed by atoms with E-state index in [0.29, 0.717) is 18.1 Å². The van der Waals surface area contributed by atoms with Gasteiger partial charge >= 0.3 is 0 Å². The summed E-state index contributed by atoms with van der Waals surface area (Å²) in [4.78, 5) is 20.3. The molecule has 7 nitrogen and oxygen atoms in total. The number of morpholine rings is 1. The van der Waals surface area contributed by atoms with Gasteiger partial charge in [-0.1, -0.05) is 12.1 Å². The van der Waals surface area contributed by atoms with E-state index in [2.05, 4.69) is 15.2 Å². The van der Waals surface area contributed by atoms with Crippen LogP contribution in [0.25, 0.3) is 0 Å². The number of benzene rings is 1. The molecule has 0 aliphatic carbocycles. The lowest BCUT2D eigenvalue weighted by molar-refractivity contribution is 0.0377. The summed E-state index contributed by atoms with van der Waals surface area (Å²) in [6.45, 7) is 6.12. The zero-order valence-electron chi connectivity index (χ0n) is 16.3. The first kappa shape index (κ1) is 23.6. The number of hydrogen-bond donors (Lipinski definition) is 2. The van der Waals surface area contributed by atoms with Crippen molar-refractivity contribution in [2.45, 2.75) is 12.8 Å². The van der Waals surface area contributed by atoms with Gasteiger partial charge < -0.3 is 20.7 Å². The van der Waals surface area contributed by atoms with Crippen LogP contribution in [0.4, 0.5) is 0 Å². The van der Waals surface area contributed by atoms with Gasteiger partial charge in [-0.3, -0.25) is 14.7 Å². The summed E-state index contributed by atoms with van der Waals surface area (Å²) < 4.78 is 5.34. The largest absolute Gasteiger partial charge is 0.379 e. The number of amides is 1. The number of nitrogens with zero attached hydrogens (tertiary/aromatic N) is 3. The maximum atomic E-state index is 12.0. The predicted molar refractivity (Wildman–Crippen MR) is 120 cm³/mol. The van der Waals surface area contributed by atoms with Gasteiger partial charge in [-0.25, -0.2) is 0 Å². The number of guanidine groups is 1. The second-order valence-corrected chi connectivity index (χ2v) is 6.65. The van der Waals surface area contributed by atoms with Crippen molar-refractivity contribution in [1.29, 1.82) is 0 Å². The van der Waals surface area contributed by atoms with E-state index >= 15 is 0 Å². The van der Waals surface area contributed by atoms with Crippen LogP contribution >= 0.6 is 24.0 Å². The SMILES string of the molecule is CN(C)C(=O)c1cccc(CCNC(N)=NCCCN2CCOCC2)c1.I. The third kappa shape index (κ3) is 8.89. The van der Waals surface area contributed by atoms with Gasteiger partial charge in [-0.05, 0) is 30.5 Å². The second kappa shape index (κ2) is 12.9. The van der Waals surface area contributed by atoms with Crippen LogP contribution in [0.2, 0.25) is 0 Å². The van der Waals surface area contributed by atoms with Crippen LogP contribution in [0.5, 0.6) is 0 Å². The zero-order valence-corrected chi connectivity index (χ0v) is 18.6. The summed E-state index contributed by atoms with van der Waals surface area (Å²) >= 11 is 0. The van der Waals surface area contributed by atoms with Crippen LogP contribution in [0.1, 0.15) is 22.3 Å². The Morgan fingerprint density at radius 2 is 2.07 bits per heavy atom. The molecule has 27 heavy (non-hydrogen) atoms. The molecular weight excluding hydrogens is 457 g/mol. The fourth-order valence-corrected chi connectivity index (χ4v) is 2.83. The third-order valence-corrected chi connectivity index (χ3v) is 4.32. The van der Waals surface area contributed by atoms with Crippen molar-refractivity contribution >= 4 is 35.8 Å². The molecular formula is C19H32IN5O2. The number of nitrogens with two attached hydrogens (primary N) is 1. The maximum absolute atomic E-state index is 12.0. The van der Waals surface area contributed by atoms with Crippen LogP contribution < -0.4 is 11.1 Å². The smallest absolute Gasteiger partial charge is 0.253 e. The van der Waals surface area contributed by atoms with Gasteiger partial charge in [0.1, 0.15) is 0 Å². The lowest BCUT2D eigenvalue weighted by Crippen LogP contribution is -2.37. The minimum atomic E-state index is 0. The van der Waals surface area contributed by atoms with Crippen LogP contribution in [0, 0.1) is 0 Å². The van der Waals surface area contributed by atoms with Gasteiger partial charge in [0.25, 0.3) is 5.91 Å². The number of carbonyl (C=O) groups excluding carboxylic acids is 1. The molecule has 1 aromatic carbocycles. The molecule has 0 atom stereocenters. The molecule has 152 valence electrons. The van der Waals surface area contributed by atoms with Crippen LogP contribution in [-0.2, 0) is 11.2 Å². The molecule has 0 bridgehead atoms. The first-order valence-corrected chi connectivity index (χ1v) is 9.21. The van der Waals surface area contributed by atoms with Gasteiger partial charge in [-0.2, -0.15) is 0 Å². The summed E-state index contributed by atoms with van der Waals surface area (Å²) in [6, 6.07) is 7.70. The Kier molecular flexibility index (Phi) is 11.3. The fraction of sp³-hybridized carbons (Fsp3) is 0.579. The Morgan fingerprint density at radius 3 is 2.78 bits per heavy atom. The minimum absolute atomic E-state index is 0. The molecule has 8 heteroatoms. The average Bonchev–Trinajstić information content (AvgIpc) is 2.65. The third-order valence-electron chi connectivity index (χ3n) is 4.32. The van der Waals surface area contributed by atoms with E-state index in [1.54, 1.807) is 19.0 Å². The van der Waals surface area contributed by atoms with E-state index in [1.807, 2.05) is 24.3 Å². The molecule has 0 radical (unpaired) electrons. The lowest BCUT2D eigenvalue weighted by atomic mass is 10.1. The number of rotatable bonds is 8. The average molecular weight is 489 g/mol. The van der Waals surface area contributed by atoms with Gasteiger partial charge in [0.15, 0.2) is 5.96 Å². The number of carbonyl (C=O) groups is 1. The Morgan fingerprint density at radius 1 is 1.33 bits per heavy atom. The number of ether oxygens (including phenoxy) is 1. The van der Waals surface area contributed by atoms with Crippen LogP contribution in [0.3, 0.4) is 0 Å². The van der Waals surface area contributed by atoms with Crippen molar-refractivity contribution in [3.8, 4) is 0 Å². The molecule has 1 aliphatic rings. The molecule has 2 rings (SSSR count). The van der Waals surface area contributed by atoms with E-state index in [0.717, 1.165) is 57.8 Å². The minimum Gasteiger partial charge on any atom is -0.379 e. The molecule has 1 saturated heterocycles. The highest BCUT2D eigenvalue weighted by molar-refractivity contribution is 14.0. The van der Waals surface area contributed by atoms with Crippen molar-refractivity contribution in [2.24, 2.45) is 10.7 Å². The van der Waals surface area contributed by atoms with E-state index in [1.165, 1.54) is 0 Å². The molecule has 1 aromatic rings. The molecule has 1 aliphatic heterocycles. The van der Waals surface area contributed by atoms with Crippen molar-refractivity contribution < 1.29 is 9.53 Å². The monoisotopic (exact) mass is 489 g/mol. The van der Waals surface area contributed by atoms with Gasteiger partial charge in [-0.15, -0.1) is 24.0 Å². The number of hydrogen-bond acceptors (Lipinski definition) is 4. The summed E-state index contributed by atoms with van der Waals surface area (Å²) in [5, 5.41) is 3.14. The summed E-state index contributed by atoms with van der Waals surface area (Å²) in [5.74, 6) is 0.494. The standard InChI is InChI=1S/C19H31N5O2.HI/c1-23(2)18(25)17-6-3-5-16(15-17)7-9-22-19(20)21-8-4-10-24-11-13-26-14-12-24;/h3,5-6,15H,4,7-14H2,1-2H3,(H3,20,21,22);1H. The van der Waals surface area contributed by atoms with E-state index in [-0.39, 0.29) is 29.9 Å². The molecule has 1 heterocycles. The highest BCUT2D eigenvalue weighted by Crippen LogP contribution is 2.07. The molecule has 0 spiro atoms. The van der Waals surface area contributed by atoms with E-state index in [4.69, 9.17) is 10.5 Å². The Bertz CT molecular complexity index is 604. The maximum Gasteiger partial charge on any atom is 0.253 e. The van der Waals surface area contributed by atoms with Gasteiger partial charge in [0, 0.05) is 52.4 Å².